The van der Waals surface area contributed by atoms with Crippen molar-refractivity contribution in [2.45, 2.75) is 6.42 Å². The molecule has 0 aromatic heterocycles. The first-order valence-corrected chi connectivity index (χ1v) is 7.02. The summed E-state index contributed by atoms with van der Waals surface area (Å²) in [5, 5.41) is 0.209. The molecular weight excluding hydrogens is 276 g/mol. The smallest absolute Gasteiger partial charge is 0.232 e. The zero-order chi connectivity index (χ0) is 12.2. The number of halogens is 3. The number of benzene rings is 1. The maximum absolute atomic E-state index is 13.3. The minimum atomic E-state index is -3.55. The first kappa shape index (κ1) is 13.5. The molecule has 0 radical (unpaired) electrons. The van der Waals surface area contributed by atoms with E-state index >= 15 is 0 Å². The lowest BCUT2D eigenvalue weighted by molar-refractivity contribution is 0.597. The maximum Gasteiger partial charge on any atom is 0.232 e. The summed E-state index contributed by atoms with van der Waals surface area (Å²) in [4.78, 5) is 0. The van der Waals surface area contributed by atoms with Gasteiger partial charge in [-0.2, -0.15) is 0 Å². The standard InChI is InChI=1S/C9H10Cl2FNO2S/c10-4-1-5-16(14,15)13-9-3-2-7(11)6-8(9)12/h2-3,6,13H,1,4-5H2. The van der Waals surface area contributed by atoms with Gasteiger partial charge in [0.1, 0.15) is 5.82 Å². The number of nitrogens with one attached hydrogen (secondary N) is 1. The van der Waals surface area contributed by atoms with Gasteiger partial charge in [0.05, 0.1) is 11.4 Å². The lowest BCUT2D eigenvalue weighted by atomic mass is 10.3. The zero-order valence-electron chi connectivity index (χ0n) is 8.21. The van der Waals surface area contributed by atoms with Crippen molar-refractivity contribution in [1.82, 2.24) is 0 Å². The van der Waals surface area contributed by atoms with E-state index in [-0.39, 0.29) is 22.3 Å². The Labute approximate surface area is 104 Å². The van der Waals surface area contributed by atoms with Gasteiger partial charge in [0.2, 0.25) is 10.0 Å². The quantitative estimate of drug-likeness (QED) is 0.846. The fraction of sp³-hybridized carbons (Fsp3) is 0.333. The SMILES string of the molecule is O=S(=O)(CCCCl)Nc1ccc(Cl)cc1F. The highest BCUT2D eigenvalue weighted by molar-refractivity contribution is 7.92. The molecule has 0 saturated carbocycles. The molecule has 0 bridgehead atoms. The third-order valence-electron chi connectivity index (χ3n) is 1.74. The lowest BCUT2D eigenvalue weighted by Gasteiger charge is -2.08. The van der Waals surface area contributed by atoms with Gasteiger partial charge in [-0.3, -0.25) is 4.72 Å². The Kier molecular flexibility index (Phi) is 4.83. The third kappa shape index (κ3) is 4.15. The second kappa shape index (κ2) is 5.70. The number of rotatable bonds is 5. The molecule has 0 amide bonds. The fourth-order valence-electron chi connectivity index (χ4n) is 1.04. The molecule has 1 rings (SSSR count). The van der Waals surface area contributed by atoms with Gasteiger partial charge in [-0.05, 0) is 24.6 Å². The van der Waals surface area contributed by atoms with E-state index in [2.05, 4.69) is 4.72 Å². The van der Waals surface area contributed by atoms with Crippen molar-refractivity contribution >= 4 is 38.9 Å². The Morgan fingerprint density at radius 2 is 2.06 bits per heavy atom. The minimum absolute atomic E-state index is 0.112. The van der Waals surface area contributed by atoms with E-state index < -0.39 is 15.8 Å². The second-order valence-corrected chi connectivity index (χ2v) is 5.74. The lowest BCUT2D eigenvalue weighted by Crippen LogP contribution is -2.17. The highest BCUT2D eigenvalue weighted by Crippen LogP contribution is 2.20. The van der Waals surface area contributed by atoms with Crippen LogP contribution in [0.2, 0.25) is 5.02 Å². The molecule has 0 aliphatic rings. The van der Waals surface area contributed by atoms with Crippen molar-refractivity contribution in [1.29, 1.82) is 0 Å². The van der Waals surface area contributed by atoms with E-state index in [0.29, 0.717) is 6.42 Å². The summed E-state index contributed by atoms with van der Waals surface area (Å²) in [5.74, 6) is -0.607. The van der Waals surface area contributed by atoms with Crippen LogP contribution in [0, 0.1) is 5.82 Å². The summed E-state index contributed by atoms with van der Waals surface area (Å²) in [6.45, 7) is 0. The van der Waals surface area contributed by atoms with E-state index in [1.807, 2.05) is 0 Å². The largest absolute Gasteiger partial charge is 0.281 e. The molecule has 1 aromatic carbocycles. The Bertz CT molecular complexity index is 465. The van der Waals surface area contributed by atoms with Gasteiger partial charge in [0, 0.05) is 10.9 Å². The van der Waals surface area contributed by atoms with Crippen LogP contribution in [-0.4, -0.2) is 20.1 Å². The van der Waals surface area contributed by atoms with Crippen LogP contribution in [-0.2, 0) is 10.0 Å². The van der Waals surface area contributed by atoms with Crippen molar-refractivity contribution in [2.75, 3.05) is 16.4 Å². The summed E-state index contributed by atoms with van der Waals surface area (Å²) >= 11 is 10.9. The topological polar surface area (TPSA) is 46.2 Å². The van der Waals surface area contributed by atoms with Crippen molar-refractivity contribution in [3.8, 4) is 0 Å². The van der Waals surface area contributed by atoms with Crippen LogP contribution in [0.25, 0.3) is 0 Å². The van der Waals surface area contributed by atoms with E-state index in [0.717, 1.165) is 6.07 Å². The van der Waals surface area contributed by atoms with E-state index in [9.17, 15) is 12.8 Å². The van der Waals surface area contributed by atoms with Gasteiger partial charge in [-0.15, -0.1) is 11.6 Å². The van der Waals surface area contributed by atoms with E-state index in [1.165, 1.54) is 12.1 Å². The van der Waals surface area contributed by atoms with Gasteiger partial charge in [-0.1, -0.05) is 11.6 Å². The molecule has 3 nitrogen and oxygen atoms in total. The molecule has 0 aliphatic carbocycles. The second-order valence-electron chi connectivity index (χ2n) is 3.09. The molecule has 1 N–H and O–H groups in total. The molecule has 7 heteroatoms. The molecule has 0 spiro atoms. The first-order valence-electron chi connectivity index (χ1n) is 4.46. The Morgan fingerprint density at radius 3 is 2.62 bits per heavy atom. The Morgan fingerprint density at radius 1 is 1.38 bits per heavy atom. The molecule has 0 unspecified atom stereocenters. The predicted molar refractivity (Wildman–Crippen MR) is 64.2 cm³/mol. The summed E-state index contributed by atoms with van der Waals surface area (Å²) in [7, 11) is -3.55. The average Bonchev–Trinajstić information content (AvgIpc) is 2.19. The van der Waals surface area contributed by atoms with E-state index in [1.54, 1.807) is 0 Å². The first-order chi connectivity index (χ1) is 7.44. The van der Waals surface area contributed by atoms with Crippen LogP contribution in [0.5, 0.6) is 0 Å². The highest BCUT2D eigenvalue weighted by atomic mass is 35.5. The summed E-state index contributed by atoms with van der Waals surface area (Å²) in [5.41, 5.74) is -0.112. The molecule has 0 aliphatic heterocycles. The van der Waals surface area contributed by atoms with Crippen LogP contribution in [0.3, 0.4) is 0 Å². The summed E-state index contributed by atoms with van der Waals surface area (Å²) in [6, 6.07) is 3.72. The van der Waals surface area contributed by atoms with Gasteiger partial charge in [-0.25, -0.2) is 12.8 Å². The van der Waals surface area contributed by atoms with Crippen LogP contribution in [0.1, 0.15) is 6.42 Å². The van der Waals surface area contributed by atoms with Crippen LogP contribution >= 0.6 is 23.2 Å². The van der Waals surface area contributed by atoms with Crippen LogP contribution in [0.4, 0.5) is 10.1 Å². The Hall–Kier alpha value is -0.520. The van der Waals surface area contributed by atoms with Crippen molar-refractivity contribution in [3.05, 3.63) is 29.0 Å². The molecule has 1 aromatic rings. The fourth-order valence-corrected chi connectivity index (χ4v) is 2.61. The third-order valence-corrected chi connectivity index (χ3v) is 3.60. The molecule has 0 atom stereocenters. The van der Waals surface area contributed by atoms with E-state index in [4.69, 9.17) is 23.2 Å². The van der Waals surface area contributed by atoms with Crippen molar-refractivity contribution < 1.29 is 12.8 Å². The molecule has 0 fully saturated rings. The number of anilines is 1. The monoisotopic (exact) mass is 285 g/mol. The van der Waals surface area contributed by atoms with Gasteiger partial charge in [0.15, 0.2) is 0 Å². The molecule has 0 saturated heterocycles. The molecule has 0 heterocycles. The highest BCUT2D eigenvalue weighted by Gasteiger charge is 2.12. The number of hydrogen-bond donors (Lipinski definition) is 1. The molecular formula is C9H10Cl2FNO2S. The maximum atomic E-state index is 13.3. The zero-order valence-corrected chi connectivity index (χ0v) is 10.5. The Balaban J connectivity index is 2.80. The number of sulfonamides is 1. The van der Waals surface area contributed by atoms with Crippen LogP contribution in [0.15, 0.2) is 18.2 Å². The molecule has 90 valence electrons. The number of hydrogen-bond acceptors (Lipinski definition) is 2. The predicted octanol–water partition coefficient (Wildman–Crippen LogP) is 2.85. The number of alkyl halides is 1. The average molecular weight is 286 g/mol. The van der Waals surface area contributed by atoms with Crippen molar-refractivity contribution in [2.24, 2.45) is 0 Å². The van der Waals surface area contributed by atoms with Gasteiger partial charge < -0.3 is 0 Å². The summed E-state index contributed by atoms with van der Waals surface area (Å²) < 4.78 is 38.2. The van der Waals surface area contributed by atoms with Gasteiger partial charge >= 0.3 is 0 Å². The minimum Gasteiger partial charge on any atom is -0.281 e. The normalized spacial score (nSPS) is 11.4. The molecule has 16 heavy (non-hydrogen) atoms. The summed E-state index contributed by atoms with van der Waals surface area (Å²) in [6.07, 6.45) is 0.312. The van der Waals surface area contributed by atoms with Crippen LogP contribution < -0.4 is 4.72 Å². The van der Waals surface area contributed by atoms with Gasteiger partial charge in [0.25, 0.3) is 0 Å². The van der Waals surface area contributed by atoms with Crippen molar-refractivity contribution in [3.63, 3.8) is 0 Å².